The fourth-order valence-corrected chi connectivity index (χ4v) is 2.11. The number of hydrogen-bond acceptors (Lipinski definition) is 3. The molecule has 1 atom stereocenters. The maximum atomic E-state index is 11.7. The van der Waals surface area contributed by atoms with Gasteiger partial charge in [-0.2, -0.15) is 0 Å². The first-order valence-corrected chi connectivity index (χ1v) is 6.93. The van der Waals surface area contributed by atoms with E-state index >= 15 is 0 Å². The Bertz CT molecular complexity index is 441. The minimum Gasteiger partial charge on any atom is -0.484 e. The summed E-state index contributed by atoms with van der Waals surface area (Å²) < 4.78 is 5.43. The molecule has 1 amide bonds. The van der Waals surface area contributed by atoms with Crippen LogP contribution in [0, 0.1) is 12.3 Å². The molecule has 112 valence electrons. The van der Waals surface area contributed by atoms with Crippen LogP contribution in [0.5, 0.6) is 5.75 Å². The highest BCUT2D eigenvalue weighted by Gasteiger charge is 2.21. The molecule has 1 rings (SSSR count). The van der Waals surface area contributed by atoms with Crippen molar-refractivity contribution < 1.29 is 14.6 Å². The molecular weight excluding hydrogens is 254 g/mol. The van der Waals surface area contributed by atoms with Gasteiger partial charge in [-0.15, -0.1) is 0 Å². The quantitative estimate of drug-likeness (QED) is 0.805. The highest BCUT2D eigenvalue weighted by atomic mass is 16.5. The second-order valence-corrected chi connectivity index (χ2v) is 6.10. The van der Waals surface area contributed by atoms with Crippen molar-refractivity contribution in [3.63, 3.8) is 0 Å². The molecule has 0 saturated heterocycles. The minimum atomic E-state index is -0.370. The van der Waals surface area contributed by atoms with E-state index in [1.165, 1.54) is 0 Å². The van der Waals surface area contributed by atoms with Crippen LogP contribution >= 0.6 is 0 Å². The lowest BCUT2D eigenvalue weighted by Gasteiger charge is -2.26. The third-order valence-corrected chi connectivity index (χ3v) is 2.97. The van der Waals surface area contributed by atoms with Crippen molar-refractivity contribution in [1.82, 2.24) is 5.32 Å². The minimum absolute atomic E-state index is 0.00815. The molecule has 0 aliphatic heterocycles. The molecule has 2 N–H and O–H groups in total. The van der Waals surface area contributed by atoms with E-state index in [1.54, 1.807) is 6.92 Å². The molecule has 0 fully saturated rings. The highest BCUT2D eigenvalue weighted by molar-refractivity contribution is 5.77. The third-order valence-electron chi connectivity index (χ3n) is 2.97. The zero-order valence-corrected chi connectivity index (χ0v) is 12.8. The fraction of sp³-hybridized carbons (Fsp3) is 0.562. The summed E-state index contributed by atoms with van der Waals surface area (Å²) in [5.74, 6) is 0.550. The molecule has 0 bridgehead atoms. The lowest BCUT2D eigenvalue weighted by molar-refractivity contribution is -0.123. The van der Waals surface area contributed by atoms with Crippen molar-refractivity contribution in [2.45, 2.75) is 40.2 Å². The Morgan fingerprint density at radius 2 is 2.15 bits per heavy atom. The number of benzene rings is 1. The van der Waals surface area contributed by atoms with E-state index in [1.807, 2.05) is 45.0 Å². The molecule has 1 aromatic rings. The largest absolute Gasteiger partial charge is 0.484 e. The van der Waals surface area contributed by atoms with E-state index in [4.69, 9.17) is 4.74 Å². The Kier molecular flexibility index (Phi) is 6.02. The molecule has 0 aliphatic rings. The molecule has 0 radical (unpaired) electrons. The van der Waals surface area contributed by atoms with Crippen LogP contribution in [-0.2, 0) is 4.79 Å². The molecule has 4 nitrogen and oxygen atoms in total. The van der Waals surface area contributed by atoms with E-state index in [9.17, 15) is 9.90 Å². The molecular formula is C16H25NO3. The molecule has 1 aromatic carbocycles. The van der Waals surface area contributed by atoms with Gasteiger partial charge in [-0.1, -0.05) is 26.0 Å². The van der Waals surface area contributed by atoms with Crippen LogP contribution in [0.1, 0.15) is 32.8 Å². The van der Waals surface area contributed by atoms with Crippen molar-refractivity contribution in [3.8, 4) is 5.75 Å². The summed E-state index contributed by atoms with van der Waals surface area (Å²) in [6.45, 7) is 8.29. The van der Waals surface area contributed by atoms with Crippen LogP contribution in [0.2, 0.25) is 0 Å². The van der Waals surface area contributed by atoms with Gasteiger partial charge >= 0.3 is 0 Å². The van der Waals surface area contributed by atoms with Gasteiger partial charge < -0.3 is 15.2 Å². The van der Waals surface area contributed by atoms with E-state index in [0.717, 1.165) is 5.56 Å². The maximum Gasteiger partial charge on any atom is 0.257 e. The van der Waals surface area contributed by atoms with Gasteiger partial charge in [-0.05, 0) is 43.4 Å². The molecule has 0 aliphatic carbocycles. The van der Waals surface area contributed by atoms with Crippen molar-refractivity contribution in [2.24, 2.45) is 5.41 Å². The zero-order valence-electron chi connectivity index (χ0n) is 12.8. The van der Waals surface area contributed by atoms with Crippen LogP contribution in [0.4, 0.5) is 0 Å². The molecule has 0 spiro atoms. The van der Waals surface area contributed by atoms with E-state index in [-0.39, 0.29) is 24.0 Å². The summed E-state index contributed by atoms with van der Waals surface area (Å²) in [6, 6.07) is 7.60. The Balaban J connectivity index is 2.34. The van der Waals surface area contributed by atoms with Crippen molar-refractivity contribution in [2.75, 3.05) is 13.2 Å². The Hall–Kier alpha value is -1.55. The molecule has 1 unspecified atom stereocenters. The Labute approximate surface area is 121 Å². The number of carbonyl (C=O) groups excluding carboxylic acids is 1. The van der Waals surface area contributed by atoms with E-state index < -0.39 is 0 Å². The topological polar surface area (TPSA) is 58.6 Å². The first kappa shape index (κ1) is 16.5. The van der Waals surface area contributed by atoms with E-state index in [0.29, 0.717) is 18.7 Å². The number of aliphatic hydroxyl groups is 1. The third kappa shape index (κ3) is 6.57. The van der Waals surface area contributed by atoms with Gasteiger partial charge in [0.25, 0.3) is 5.91 Å². The first-order chi connectivity index (χ1) is 9.28. The summed E-state index contributed by atoms with van der Waals surface area (Å²) in [5, 5.41) is 12.2. The summed E-state index contributed by atoms with van der Waals surface area (Å²) >= 11 is 0. The summed E-state index contributed by atoms with van der Waals surface area (Å²) in [6.07, 6.45) is 0.275. The number of rotatable bonds is 7. The van der Waals surface area contributed by atoms with Crippen molar-refractivity contribution >= 4 is 5.91 Å². The number of aryl methyl sites for hydroxylation is 1. The van der Waals surface area contributed by atoms with Crippen LogP contribution in [0.15, 0.2) is 24.3 Å². The summed E-state index contributed by atoms with van der Waals surface area (Å²) in [7, 11) is 0. The molecule has 4 heteroatoms. The molecule has 0 saturated carbocycles. The van der Waals surface area contributed by atoms with Crippen LogP contribution in [-0.4, -0.2) is 30.3 Å². The average molecular weight is 279 g/mol. The normalized spacial score (nSPS) is 12.8. The second-order valence-electron chi connectivity index (χ2n) is 6.10. The monoisotopic (exact) mass is 279 g/mol. The number of carbonyl (C=O) groups is 1. The zero-order chi connectivity index (χ0) is 15.2. The van der Waals surface area contributed by atoms with Gasteiger partial charge in [0, 0.05) is 6.54 Å². The van der Waals surface area contributed by atoms with Crippen LogP contribution in [0.3, 0.4) is 0 Å². The first-order valence-electron chi connectivity index (χ1n) is 6.93. The second kappa shape index (κ2) is 7.29. The number of aliphatic hydroxyl groups excluding tert-OH is 1. The average Bonchev–Trinajstić information content (AvgIpc) is 2.32. The highest BCUT2D eigenvalue weighted by Crippen LogP contribution is 2.21. The lowest BCUT2D eigenvalue weighted by atomic mass is 9.87. The number of amides is 1. The Morgan fingerprint density at radius 3 is 2.75 bits per heavy atom. The predicted octanol–water partition coefficient (Wildman–Crippen LogP) is 2.29. The number of nitrogens with one attached hydrogen (secondary N) is 1. The number of hydrogen-bond donors (Lipinski definition) is 2. The molecule has 20 heavy (non-hydrogen) atoms. The van der Waals surface area contributed by atoms with Gasteiger partial charge in [0.2, 0.25) is 0 Å². The lowest BCUT2D eigenvalue weighted by Crippen LogP contribution is -2.38. The van der Waals surface area contributed by atoms with Gasteiger partial charge in [0.05, 0.1) is 6.10 Å². The molecule has 0 aromatic heterocycles. The van der Waals surface area contributed by atoms with Crippen molar-refractivity contribution in [1.29, 1.82) is 0 Å². The standard InChI is InChI=1S/C16H25NO3/c1-12-6-5-7-14(8-12)20-10-15(19)17-11-16(3,4)9-13(2)18/h5-8,13,18H,9-11H2,1-4H3,(H,17,19). The Morgan fingerprint density at radius 1 is 1.45 bits per heavy atom. The molecule has 0 heterocycles. The smallest absolute Gasteiger partial charge is 0.257 e. The summed E-state index contributed by atoms with van der Waals surface area (Å²) in [4.78, 5) is 11.7. The predicted molar refractivity (Wildman–Crippen MR) is 79.8 cm³/mol. The van der Waals surface area contributed by atoms with E-state index in [2.05, 4.69) is 5.32 Å². The van der Waals surface area contributed by atoms with Crippen LogP contribution < -0.4 is 10.1 Å². The number of ether oxygens (including phenoxy) is 1. The van der Waals surface area contributed by atoms with Gasteiger partial charge in [0.15, 0.2) is 6.61 Å². The van der Waals surface area contributed by atoms with Crippen molar-refractivity contribution in [3.05, 3.63) is 29.8 Å². The van der Waals surface area contributed by atoms with Gasteiger partial charge in [-0.25, -0.2) is 0 Å². The van der Waals surface area contributed by atoms with Gasteiger partial charge in [-0.3, -0.25) is 4.79 Å². The van der Waals surface area contributed by atoms with Gasteiger partial charge in [0.1, 0.15) is 5.75 Å². The van der Waals surface area contributed by atoms with Crippen LogP contribution in [0.25, 0.3) is 0 Å². The maximum absolute atomic E-state index is 11.7. The SMILES string of the molecule is Cc1cccc(OCC(=O)NCC(C)(C)CC(C)O)c1. The summed E-state index contributed by atoms with van der Waals surface area (Å²) in [5.41, 5.74) is 0.966. The fourth-order valence-electron chi connectivity index (χ4n) is 2.11.